The van der Waals surface area contributed by atoms with Crippen molar-refractivity contribution in [2.45, 2.75) is 32.5 Å². The molecule has 3 heterocycles. The van der Waals surface area contributed by atoms with Crippen LogP contribution in [-0.2, 0) is 6.18 Å². The molecule has 0 radical (unpaired) electrons. The summed E-state index contributed by atoms with van der Waals surface area (Å²) < 4.78 is 40.8. The Kier molecular flexibility index (Phi) is 8.56. The highest BCUT2D eigenvalue weighted by Gasteiger charge is 2.37. The minimum Gasteiger partial charge on any atom is -0.387 e. The number of halogens is 4. The maximum absolute atomic E-state index is 13.6. The number of aromatic nitrogens is 2. The van der Waals surface area contributed by atoms with Crippen LogP contribution >= 0.6 is 11.6 Å². The van der Waals surface area contributed by atoms with Crippen molar-refractivity contribution in [2.75, 3.05) is 45.8 Å². The van der Waals surface area contributed by atoms with Crippen LogP contribution in [0.2, 0.25) is 5.02 Å². The monoisotopic (exact) mass is 536 g/mol. The quantitative estimate of drug-likeness (QED) is 0.389. The fraction of sp³-hybridized carbons (Fsp3) is 0.480. The van der Waals surface area contributed by atoms with Crippen LogP contribution in [0.4, 0.5) is 13.2 Å². The van der Waals surface area contributed by atoms with Gasteiger partial charge in [-0.25, -0.2) is 9.98 Å². The van der Waals surface area contributed by atoms with Crippen molar-refractivity contribution in [2.24, 2.45) is 15.7 Å². The average molecular weight is 537 g/mol. The number of aliphatic imine (C=N–C) groups is 2. The molecule has 1 aromatic heterocycles. The zero-order valence-corrected chi connectivity index (χ0v) is 21.7. The van der Waals surface area contributed by atoms with Gasteiger partial charge in [-0.3, -0.25) is 10.00 Å². The first kappa shape index (κ1) is 27.2. The standard InChI is InChI=1S/C25H32ClF3N8/c1-17(19-13-33-34-14-19)24(32-16-31-18(2)30)37-11-9-36(10-12-37)22(15-35-7-4-8-35)20-5-3-6-21(23(20)26)25(27,28)29/h3,5-6,13-14,16,22H,4,7-12,15H2,1-2H3,(H,33,34)(H2,30,31,32)/b24-17-. The van der Waals surface area contributed by atoms with Gasteiger partial charge in [0.15, 0.2) is 0 Å². The van der Waals surface area contributed by atoms with Crippen molar-refractivity contribution in [1.29, 1.82) is 0 Å². The van der Waals surface area contributed by atoms with Gasteiger partial charge in [-0.1, -0.05) is 23.7 Å². The molecule has 8 nitrogen and oxygen atoms in total. The number of allylic oxidation sites excluding steroid dienone is 1. The Labute approximate surface area is 219 Å². The van der Waals surface area contributed by atoms with Gasteiger partial charge in [0, 0.05) is 56.1 Å². The van der Waals surface area contributed by atoms with Crippen LogP contribution in [0.5, 0.6) is 0 Å². The van der Waals surface area contributed by atoms with E-state index in [1.165, 1.54) is 12.4 Å². The topological polar surface area (TPSA) is 89.1 Å². The molecule has 2 saturated heterocycles. The van der Waals surface area contributed by atoms with Crippen molar-refractivity contribution < 1.29 is 13.2 Å². The van der Waals surface area contributed by atoms with E-state index >= 15 is 0 Å². The SMILES string of the molecule is CC(N)=NC=N/C(=C(\C)c1cn[nH]c1)N1CCN(C(CN2CCC2)c2cccc(C(F)(F)F)c2Cl)CC1. The predicted octanol–water partition coefficient (Wildman–Crippen LogP) is 4.24. The van der Waals surface area contributed by atoms with Crippen LogP contribution < -0.4 is 5.73 Å². The van der Waals surface area contributed by atoms with Gasteiger partial charge in [0.25, 0.3) is 0 Å². The number of alkyl halides is 3. The fourth-order valence-electron chi connectivity index (χ4n) is 4.67. The molecule has 0 saturated carbocycles. The number of hydrogen-bond acceptors (Lipinski definition) is 5. The summed E-state index contributed by atoms with van der Waals surface area (Å²) in [4.78, 5) is 15.3. The molecule has 2 aliphatic rings. The molecule has 0 bridgehead atoms. The van der Waals surface area contributed by atoms with E-state index in [0.717, 1.165) is 42.5 Å². The van der Waals surface area contributed by atoms with Gasteiger partial charge in [-0.05, 0) is 45.0 Å². The van der Waals surface area contributed by atoms with Gasteiger partial charge in [-0.15, -0.1) is 0 Å². The molecule has 3 N–H and O–H groups in total. The molecule has 1 atom stereocenters. The molecule has 2 aromatic rings. The Hall–Kier alpha value is -2.89. The summed E-state index contributed by atoms with van der Waals surface area (Å²) >= 11 is 6.38. The fourth-order valence-corrected chi connectivity index (χ4v) is 5.03. The Morgan fingerprint density at radius 1 is 1.19 bits per heavy atom. The van der Waals surface area contributed by atoms with E-state index in [-0.39, 0.29) is 11.1 Å². The van der Waals surface area contributed by atoms with E-state index in [1.807, 2.05) is 6.92 Å². The molecule has 4 rings (SSSR count). The molecular formula is C25H32ClF3N8. The van der Waals surface area contributed by atoms with Crippen LogP contribution in [0.1, 0.15) is 43.0 Å². The molecule has 0 aliphatic carbocycles. The maximum Gasteiger partial charge on any atom is 0.417 e. The van der Waals surface area contributed by atoms with E-state index in [9.17, 15) is 13.2 Å². The molecule has 12 heteroatoms. The summed E-state index contributed by atoms with van der Waals surface area (Å²) in [5, 5.41) is 6.65. The zero-order valence-electron chi connectivity index (χ0n) is 21.0. The molecule has 37 heavy (non-hydrogen) atoms. The number of piperazine rings is 1. The average Bonchev–Trinajstić information content (AvgIpc) is 3.36. The Morgan fingerprint density at radius 2 is 1.92 bits per heavy atom. The molecular weight excluding hydrogens is 505 g/mol. The summed E-state index contributed by atoms with van der Waals surface area (Å²) in [5.41, 5.74) is 7.24. The van der Waals surface area contributed by atoms with Crippen molar-refractivity contribution in [3.8, 4) is 0 Å². The smallest absolute Gasteiger partial charge is 0.387 e. The third kappa shape index (κ3) is 6.52. The molecule has 200 valence electrons. The Bertz CT molecular complexity index is 1140. The number of aromatic amines is 1. The van der Waals surface area contributed by atoms with E-state index in [0.29, 0.717) is 44.1 Å². The number of nitrogens with one attached hydrogen (secondary N) is 1. The third-order valence-corrected chi connectivity index (χ3v) is 7.26. The van der Waals surface area contributed by atoms with Gasteiger partial charge in [0.1, 0.15) is 12.2 Å². The summed E-state index contributed by atoms with van der Waals surface area (Å²) in [6.07, 6.45) is 1.57. The lowest BCUT2D eigenvalue weighted by molar-refractivity contribution is -0.137. The number of rotatable bonds is 8. The normalized spacial score (nSPS) is 19.7. The highest BCUT2D eigenvalue weighted by Crippen LogP contribution is 2.40. The van der Waals surface area contributed by atoms with Crippen LogP contribution in [0.25, 0.3) is 5.57 Å². The lowest BCUT2D eigenvalue weighted by Gasteiger charge is -2.44. The number of likely N-dealkylation sites (tertiary alicyclic amines) is 1. The molecule has 1 unspecified atom stereocenters. The number of amidine groups is 1. The van der Waals surface area contributed by atoms with Gasteiger partial charge in [0.2, 0.25) is 0 Å². The van der Waals surface area contributed by atoms with Gasteiger partial charge in [0.05, 0.1) is 22.6 Å². The first-order valence-electron chi connectivity index (χ1n) is 12.2. The van der Waals surface area contributed by atoms with Crippen molar-refractivity contribution in [3.05, 3.63) is 58.1 Å². The Balaban J connectivity index is 1.58. The molecule has 0 spiro atoms. The second kappa shape index (κ2) is 11.7. The number of nitrogens with two attached hydrogens (primary N) is 1. The van der Waals surface area contributed by atoms with E-state index in [4.69, 9.17) is 17.3 Å². The van der Waals surface area contributed by atoms with Gasteiger partial charge < -0.3 is 15.5 Å². The summed E-state index contributed by atoms with van der Waals surface area (Å²) in [6, 6.07) is 3.98. The second-order valence-corrected chi connectivity index (χ2v) is 9.73. The molecule has 1 aromatic carbocycles. The van der Waals surface area contributed by atoms with Gasteiger partial charge >= 0.3 is 6.18 Å². The largest absolute Gasteiger partial charge is 0.417 e. The first-order chi connectivity index (χ1) is 17.6. The highest BCUT2D eigenvalue weighted by molar-refractivity contribution is 6.32. The summed E-state index contributed by atoms with van der Waals surface area (Å²) in [7, 11) is 0. The second-order valence-electron chi connectivity index (χ2n) is 9.35. The molecule has 0 amide bonds. The minimum absolute atomic E-state index is 0.209. The highest BCUT2D eigenvalue weighted by atomic mass is 35.5. The molecule has 2 fully saturated rings. The minimum atomic E-state index is -4.50. The lowest BCUT2D eigenvalue weighted by atomic mass is 9.99. The lowest BCUT2D eigenvalue weighted by Crippen LogP contribution is -2.51. The van der Waals surface area contributed by atoms with Crippen LogP contribution in [-0.4, -0.2) is 82.9 Å². The maximum atomic E-state index is 13.6. The summed E-state index contributed by atoms with van der Waals surface area (Å²) in [6.45, 7) is 8.75. The predicted molar refractivity (Wildman–Crippen MR) is 140 cm³/mol. The zero-order chi connectivity index (χ0) is 26.6. The molecule has 2 aliphatic heterocycles. The number of nitrogens with zero attached hydrogens (tertiary/aromatic N) is 6. The van der Waals surface area contributed by atoms with Crippen molar-refractivity contribution >= 4 is 29.3 Å². The first-order valence-corrected chi connectivity index (χ1v) is 12.6. The number of benzene rings is 1. The number of H-pyrrole nitrogens is 1. The van der Waals surface area contributed by atoms with Crippen LogP contribution in [0.15, 0.2) is 46.4 Å². The van der Waals surface area contributed by atoms with Gasteiger partial charge in [-0.2, -0.15) is 18.3 Å². The van der Waals surface area contributed by atoms with E-state index in [1.54, 1.807) is 25.4 Å². The van der Waals surface area contributed by atoms with E-state index in [2.05, 4.69) is 34.9 Å². The number of hydrogen-bond donors (Lipinski definition) is 2. The summed E-state index contributed by atoms with van der Waals surface area (Å²) in [5.74, 6) is 1.16. The van der Waals surface area contributed by atoms with Crippen molar-refractivity contribution in [1.82, 2.24) is 24.9 Å². The van der Waals surface area contributed by atoms with E-state index < -0.39 is 11.7 Å². The third-order valence-electron chi connectivity index (χ3n) is 6.84. The van der Waals surface area contributed by atoms with Crippen LogP contribution in [0.3, 0.4) is 0 Å². The Morgan fingerprint density at radius 3 is 2.49 bits per heavy atom. The van der Waals surface area contributed by atoms with Crippen molar-refractivity contribution in [3.63, 3.8) is 0 Å². The van der Waals surface area contributed by atoms with Crippen LogP contribution in [0, 0.1) is 0 Å².